The standard InChI is InChI=1S/C9H11BrN2OS/c10-6-1-2-7(14-6)12-8(13)9(5-11)3-4-9/h1-2H,3-5,11H2,(H,12,13). The first-order valence-corrected chi connectivity index (χ1v) is 6.04. The molecule has 1 aliphatic carbocycles. The fraction of sp³-hybridized carbons (Fsp3) is 0.444. The van der Waals surface area contributed by atoms with E-state index in [9.17, 15) is 4.79 Å². The molecule has 0 unspecified atom stereocenters. The third-order valence-corrected chi connectivity index (χ3v) is 4.07. The van der Waals surface area contributed by atoms with Crippen LogP contribution in [-0.4, -0.2) is 12.5 Å². The Morgan fingerprint density at radius 1 is 1.64 bits per heavy atom. The molecule has 2 rings (SSSR count). The lowest BCUT2D eigenvalue weighted by Gasteiger charge is -2.10. The van der Waals surface area contributed by atoms with Crippen molar-refractivity contribution >= 4 is 38.2 Å². The molecule has 1 heterocycles. The Morgan fingerprint density at radius 2 is 2.36 bits per heavy atom. The zero-order chi connectivity index (χ0) is 10.2. The van der Waals surface area contributed by atoms with Crippen LogP contribution in [0.5, 0.6) is 0 Å². The summed E-state index contributed by atoms with van der Waals surface area (Å²) in [6.45, 7) is 0.450. The Hall–Kier alpha value is -0.390. The van der Waals surface area contributed by atoms with Crippen LogP contribution >= 0.6 is 27.3 Å². The highest BCUT2D eigenvalue weighted by molar-refractivity contribution is 9.11. The number of hydrogen-bond donors (Lipinski definition) is 2. The van der Waals surface area contributed by atoms with Crippen molar-refractivity contribution in [2.24, 2.45) is 11.1 Å². The topological polar surface area (TPSA) is 55.1 Å². The summed E-state index contributed by atoms with van der Waals surface area (Å²) in [6, 6.07) is 3.81. The average Bonchev–Trinajstić information content (AvgIpc) is 2.87. The molecule has 0 atom stereocenters. The Morgan fingerprint density at radius 3 is 2.79 bits per heavy atom. The minimum atomic E-state index is -0.267. The summed E-state index contributed by atoms with van der Waals surface area (Å²) in [4.78, 5) is 11.7. The van der Waals surface area contributed by atoms with Crippen molar-refractivity contribution in [3.63, 3.8) is 0 Å². The first-order chi connectivity index (χ1) is 6.66. The van der Waals surface area contributed by atoms with Crippen LogP contribution in [-0.2, 0) is 4.79 Å². The van der Waals surface area contributed by atoms with Crippen molar-refractivity contribution in [1.82, 2.24) is 0 Å². The molecular weight excluding hydrogens is 264 g/mol. The Balaban J connectivity index is 2.01. The van der Waals surface area contributed by atoms with Gasteiger partial charge < -0.3 is 11.1 Å². The van der Waals surface area contributed by atoms with Crippen LogP contribution in [0.1, 0.15) is 12.8 Å². The molecule has 0 aliphatic heterocycles. The zero-order valence-electron chi connectivity index (χ0n) is 7.55. The molecule has 3 nitrogen and oxygen atoms in total. The number of rotatable bonds is 3. The Kier molecular flexibility index (Phi) is 2.64. The number of carbonyl (C=O) groups excluding carboxylic acids is 1. The van der Waals surface area contributed by atoms with Crippen LogP contribution in [0.25, 0.3) is 0 Å². The van der Waals surface area contributed by atoms with Crippen molar-refractivity contribution in [3.8, 4) is 0 Å². The highest BCUT2D eigenvalue weighted by Crippen LogP contribution is 2.45. The number of hydrogen-bond acceptors (Lipinski definition) is 3. The molecule has 14 heavy (non-hydrogen) atoms. The summed E-state index contributed by atoms with van der Waals surface area (Å²) in [6.07, 6.45) is 1.84. The molecule has 3 N–H and O–H groups in total. The maximum absolute atomic E-state index is 11.7. The van der Waals surface area contributed by atoms with Crippen molar-refractivity contribution < 1.29 is 4.79 Å². The van der Waals surface area contributed by atoms with Crippen LogP contribution in [0, 0.1) is 5.41 Å². The van der Waals surface area contributed by atoms with Gasteiger partial charge in [0.05, 0.1) is 14.2 Å². The quantitative estimate of drug-likeness (QED) is 0.888. The lowest BCUT2D eigenvalue weighted by atomic mass is 10.1. The predicted molar refractivity (Wildman–Crippen MR) is 61.4 cm³/mol. The van der Waals surface area contributed by atoms with Crippen LogP contribution < -0.4 is 11.1 Å². The number of nitrogens with one attached hydrogen (secondary N) is 1. The molecular formula is C9H11BrN2OS. The molecule has 1 fully saturated rings. The van der Waals surface area contributed by atoms with Gasteiger partial charge in [0.2, 0.25) is 5.91 Å². The highest BCUT2D eigenvalue weighted by Gasteiger charge is 2.48. The monoisotopic (exact) mass is 274 g/mol. The minimum Gasteiger partial charge on any atom is -0.329 e. The van der Waals surface area contributed by atoms with Gasteiger partial charge in [-0.15, -0.1) is 11.3 Å². The van der Waals surface area contributed by atoms with Gasteiger partial charge in [0.15, 0.2) is 0 Å². The van der Waals surface area contributed by atoms with Crippen LogP contribution in [0.15, 0.2) is 15.9 Å². The summed E-state index contributed by atoms with van der Waals surface area (Å²) in [5.74, 6) is 0.0642. The van der Waals surface area contributed by atoms with E-state index in [1.54, 1.807) is 0 Å². The number of amides is 1. The van der Waals surface area contributed by atoms with Gasteiger partial charge >= 0.3 is 0 Å². The van der Waals surface area contributed by atoms with Crippen molar-refractivity contribution in [1.29, 1.82) is 0 Å². The predicted octanol–water partition coefficient (Wildman–Crippen LogP) is 2.19. The van der Waals surface area contributed by atoms with Crippen molar-refractivity contribution in [2.75, 3.05) is 11.9 Å². The fourth-order valence-corrected chi connectivity index (χ4v) is 2.58. The summed E-state index contributed by atoms with van der Waals surface area (Å²) < 4.78 is 1.02. The highest BCUT2D eigenvalue weighted by atomic mass is 79.9. The second-order valence-electron chi connectivity index (χ2n) is 3.54. The SMILES string of the molecule is NCC1(C(=O)Nc2ccc(Br)s2)CC1. The summed E-state index contributed by atoms with van der Waals surface area (Å²) in [5, 5.41) is 3.76. The molecule has 0 spiro atoms. The molecule has 0 bridgehead atoms. The third kappa shape index (κ3) is 1.85. The molecule has 0 radical (unpaired) electrons. The maximum Gasteiger partial charge on any atom is 0.232 e. The number of halogens is 1. The molecule has 0 aromatic carbocycles. The number of anilines is 1. The first-order valence-electron chi connectivity index (χ1n) is 4.43. The van der Waals surface area contributed by atoms with Crippen LogP contribution in [0.2, 0.25) is 0 Å². The van der Waals surface area contributed by atoms with E-state index < -0.39 is 0 Å². The first kappa shape index (κ1) is 10.1. The van der Waals surface area contributed by atoms with Crippen LogP contribution in [0.4, 0.5) is 5.00 Å². The van der Waals surface area contributed by atoms with Gasteiger partial charge in [-0.3, -0.25) is 4.79 Å². The number of nitrogens with two attached hydrogens (primary N) is 1. The van der Waals surface area contributed by atoms with Gasteiger partial charge in [-0.05, 0) is 40.9 Å². The molecule has 76 valence electrons. The van der Waals surface area contributed by atoms with Gasteiger partial charge in [-0.25, -0.2) is 0 Å². The summed E-state index contributed by atoms with van der Waals surface area (Å²) in [7, 11) is 0. The van der Waals surface area contributed by atoms with E-state index in [2.05, 4.69) is 21.2 Å². The fourth-order valence-electron chi connectivity index (χ4n) is 1.30. The Bertz CT molecular complexity index is 359. The van der Waals surface area contributed by atoms with E-state index in [4.69, 9.17) is 5.73 Å². The molecule has 5 heteroatoms. The van der Waals surface area contributed by atoms with Crippen molar-refractivity contribution in [2.45, 2.75) is 12.8 Å². The average molecular weight is 275 g/mol. The number of carbonyl (C=O) groups is 1. The molecule has 1 saturated carbocycles. The molecule has 1 amide bonds. The van der Waals surface area contributed by atoms with Gasteiger partial charge in [0.1, 0.15) is 0 Å². The molecule has 1 aromatic heterocycles. The summed E-state index contributed by atoms with van der Waals surface area (Å²) in [5.41, 5.74) is 5.29. The lowest BCUT2D eigenvalue weighted by molar-refractivity contribution is -0.120. The van der Waals surface area contributed by atoms with E-state index in [0.717, 1.165) is 21.6 Å². The van der Waals surface area contributed by atoms with Crippen molar-refractivity contribution in [3.05, 3.63) is 15.9 Å². The van der Waals surface area contributed by atoms with Gasteiger partial charge in [0, 0.05) is 6.54 Å². The van der Waals surface area contributed by atoms with E-state index in [-0.39, 0.29) is 11.3 Å². The van der Waals surface area contributed by atoms with Gasteiger partial charge in [0.25, 0.3) is 0 Å². The largest absolute Gasteiger partial charge is 0.329 e. The lowest BCUT2D eigenvalue weighted by Crippen LogP contribution is -2.30. The summed E-state index contributed by atoms with van der Waals surface area (Å²) >= 11 is 4.86. The van der Waals surface area contributed by atoms with Crippen LogP contribution in [0.3, 0.4) is 0 Å². The second-order valence-corrected chi connectivity index (χ2v) is 6.01. The Labute approximate surface area is 94.8 Å². The minimum absolute atomic E-state index is 0.0642. The van der Waals surface area contributed by atoms with E-state index in [1.807, 2.05) is 12.1 Å². The van der Waals surface area contributed by atoms with E-state index >= 15 is 0 Å². The third-order valence-electron chi connectivity index (χ3n) is 2.54. The molecule has 1 aromatic rings. The zero-order valence-corrected chi connectivity index (χ0v) is 9.95. The van der Waals surface area contributed by atoms with Gasteiger partial charge in [-0.1, -0.05) is 0 Å². The second kappa shape index (κ2) is 3.64. The van der Waals surface area contributed by atoms with E-state index in [0.29, 0.717) is 6.54 Å². The number of thiophene rings is 1. The van der Waals surface area contributed by atoms with E-state index in [1.165, 1.54) is 11.3 Å². The maximum atomic E-state index is 11.7. The smallest absolute Gasteiger partial charge is 0.232 e. The normalized spacial score (nSPS) is 17.9. The molecule has 1 aliphatic rings. The van der Waals surface area contributed by atoms with Gasteiger partial charge in [-0.2, -0.15) is 0 Å². The molecule has 0 saturated heterocycles.